The number of rotatable bonds is 5. The van der Waals surface area contributed by atoms with Gasteiger partial charge >= 0.3 is 0 Å². The number of hydrogen-bond acceptors (Lipinski definition) is 3. The van der Waals surface area contributed by atoms with Gasteiger partial charge in [-0.2, -0.15) is 0 Å². The molecular weight excluding hydrogens is 307 g/mol. The van der Waals surface area contributed by atoms with Gasteiger partial charge in [0.25, 0.3) is 0 Å². The Balaban J connectivity index is 2.83. The molecule has 0 fully saturated rings. The third-order valence-electron chi connectivity index (χ3n) is 2.12. The molecule has 0 saturated heterocycles. The first-order chi connectivity index (χ1) is 7.21. The molecule has 1 unspecified atom stereocenters. The molecule has 0 bridgehead atoms. The quantitative estimate of drug-likeness (QED) is 0.780. The van der Waals surface area contributed by atoms with Gasteiger partial charge in [-0.3, -0.25) is 0 Å². The van der Waals surface area contributed by atoms with Gasteiger partial charge in [-0.05, 0) is 31.0 Å². The van der Waals surface area contributed by atoms with Gasteiger partial charge in [-0.1, -0.05) is 6.07 Å². The van der Waals surface area contributed by atoms with Gasteiger partial charge in [-0.15, -0.1) is 0 Å². The summed E-state index contributed by atoms with van der Waals surface area (Å²) in [6.45, 7) is 2.03. The van der Waals surface area contributed by atoms with Gasteiger partial charge in [-0.25, -0.2) is 0 Å². The van der Waals surface area contributed by atoms with Crippen molar-refractivity contribution >= 4 is 23.0 Å². The summed E-state index contributed by atoms with van der Waals surface area (Å²) in [4.78, 5) is 0. The van der Waals surface area contributed by atoms with Crippen molar-refractivity contribution in [2.45, 2.75) is 19.4 Å². The lowest BCUT2D eigenvalue weighted by Crippen LogP contribution is -2.05. The zero-order valence-electron chi connectivity index (χ0n) is 9.12. The number of ether oxygens (including phenoxy) is 2. The molecule has 1 atom stereocenters. The van der Waals surface area contributed by atoms with Crippen LogP contribution in [0.1, 0.15) is 12.5 Å². The minimum atomic E-state index is 0.198. The fourth-order valence-electron chi connectivity index (χ4n) is 1.37. The molecule has 1 rings (SSSR count). The summed E-state index contributed by atoms with van der Waals surface area (Å²) in [6, 6.07) is 5.91. The van der Waals surface area contributed by atoms with Gasteiger partial charge in [0.1, 0.15) is 23.0 Å². The lowest BCUT2D eigenvalue weighted by Gasteiger charge is -2.11. The van der Waals surface area contributed by atoms with Crippen LogP contribution in [0.3, 0.4) is 0 Å². The van der Waals surface area contributed by atoms with Crippen LogP contribution in [-0.4, -0.2) is 20.3 Å². The maximum atomic E-state index is 5.22. The Kier molecular flexibility index (Phi) is 5.17. The first kappa shape index (κ1) is 12.6. The molecule has 0 aliphatic carbocycles. The fraction of sp³-hybridized carbons (Fsp3) is 0.455. The van der Waals surface area contributed by atoms with Crippen molar-refractivity contribution in [3.05, 3.63) is 23.8 Å². The minimum Gasteiger partial charge on any atom is -0.493 e. The van der Waals surface area contributed by atoms with Crippen molar-refractivity contribution in [1.82, 2.24) is 0 Å². The Morgan fingerprint density at radius 3 is 2.40 bits per heavy atom. The molecular formula is C11H15IO3. The standard InChI is InChI=1S/C11H15IO3/c1-8(15-12)6-9-4-5-10(13-2)11(7-9)14-3/h4-5,7-8H,6H2,1-3H3. The van der Waals surface area contributed by atoms with E-state index in [0.717, 1.165) is 17.9 Å². The number of methoxy groups -OCH3 is 2. The van der Waals surface area contributed by atoms with Gasteiger partial charge in [0.15, 0.2) is 11.5 Å². The highest BCUT2D eigenvalue weighted by Gasteiger charge is 2.07. The molecule has 0 heterocycles. The SMILES string of the molecule is COc1ccc(CC(C)OI)cc1OC. The predicted molar refractivity (Wildman–Crippen MR) is 67.8 cm³/mol. The van der Waals surface area contributed by atoms with Gasteiger partial charge in [0.2, 0.25) is 0 Å². The van der Waals surface area contributed by atoms with E-state index in [1.807, 2.05) is 48.1 Å². The highest BCUT2D eigenvalue weighted by Crippen LogP contribution is 2.28. The van der Waals surface area contributed by atoms with E-state index in [-0.39, 0.29) is 6.10 Å². The van der Waals surface area contributed by atoms with Gasteiger partial charge in [0.05, 0.1) is 20.3 Å². The molecule has 84 valence electrons. The van der Waals surface area contributed by atoms with Gasteiger partial charge in [0, 0.05) is 0 Å². The summed E-state index contributed by atoms with van der Waals surface area (Å²) in [5.41, 5.74) is 1.18. The molecule has 0 aromatic heterocycles. The van der Waals surface area contributed by atoms with E-state index in [2.05, 4.69) is 0 Å². The molecule has 0 radical (unpaired) electrons. The Morgan fingerprint density at radius 2 is 1.87 bits per heavy atom. The second-order valence-electron chi connectivity index (χ2n) is 3.29. The number of benzene rings is 1. The van der Waals surface area contributed by atoms with E-state index < -0.39 is 0 Å². The van der Waals surface area contributed by atoms with Crippen LogP contribution in [0.5, 0.6) is 11.5 Å². The van der Waals surface area contributed by atoms with Gasteiger partial charge < -0.3 is 12.5 Å². The second-order valence-corrected chi connectivity index (χ2v) is 3.80. The number of halogens is 1. The summed E-state index contributed by atoms with van der Waals surface area (Å²) in [6.07, 6.45) is 1.06. The average molecular weight is 322 g/mol. The molecule has 0 spiro atoms. The third-order valence-corrected chi connectivity index (χ3v) is 2.99. The Morgan fingerprint density at radius 1 is 1.20 bits per heavy atom. The van der Waals surface area contributed by atoms with E-state index in [9.17, 15) is 0 Å². The monoisotopic (exact) mass is 322 g/mol. The topological polar surface area (TPSA) is 27.7 Å². The molecule has 15 heavy (non-hydrogen) atoms. The van der Waals surface area contributed by atoms with Crippen molar-refractivity contribution in [3.63, 3.8) is 0 Å². The van der Waals surface area contributed by atoms with Crippen molar-refractivity contribution in [2.75, 3.05) is 14.2 Å². The Bertz CT molecular complexity index is 315. The average Bonchev–Trinajstić information content (AvgIpc) is 2.28. The fourth-order valence-corrected chi connectivity index (χ4v) is 1.55. The zero-order chi connectivity index (χ0) is 11.3. The van der Waals surface area contributed by atoms with Crippen molar-refractivity contribution < 1.29 is 12.5 Å². The molecule has 0 saturated carbocycles. The highest BCUT2D eigenvalue weighted by atomic mass is 127. The Hall–Kier alpha value is -0.490. The van der Waals surface area contributed by atoms with Crippen LogP contribution >= 0.6 is 23.0 Å². The van der Waals surface area contributed by atoms with E-state index in [1.54, 1.807) is 14.2 Å². The smallest absolute Gasteiger partial charge is 0.160 e. The third kappa shape index (κ3) is 3.53. The van der Waals surface area contributed by atoms with Crippen LogP contribution in [0.4, 0.5) is 0 Å². The maximum absolute atomic E-state index is 5.22. The van der Waals surface area contributed by atoms with Crippen molar-refractivity contribution in [2.24, 2.45) is 0 Å². The molecule has 1 aromatic rings. The largest absolute Gasteiger partial charge is 0.493 e. The van der Waals surface area contributed by atoms with Crippen LogP contribution in [-0.2, 0) is 9.49 Å². The molecule has 0 aliphatic heterocycles. The minimum absolute atomic E-state index is 0.198. The van der Waals surface area contributed by atoms with E-state index in [0.29, 0.717) is 0 Å². The maximum Gasteiger partial charge on any atom is 0.160 e. The molecule has 4 heteroatoms. The molecule has 0 amide bonds. The first-order valence-corrected chi connectivity index (χ1v) is 5.57. The summed E-state index contributed by atoms with van der Waals surface area (Å²) in [7, 11) is 3.27. The summed E-state index contributed by atoms with van der Waals surface area (Å²) in [5.74, 6) is 1.51. The Labute approximate surface area is 104 Å². The van der Waals surface area contributed by atoms with Crippen molar-refractivity contribution in [3.8, 4) is 11.5 Å². The normalized spacial score (nSPS) is 12.3. The zero-order valence-corrected chi connectivity index (χ0v) is 11.3. The van der Waals surface area contributed by atoms with E-state index in [1.165, 1.54) is 5.56 Å². The van der Waals surface area contributed by atoms with E-state index >= 15 is 0 Å². The van der Waals surface area contributed by atoms with Crippen molar-refractivity contribution in [1.29, 1.82) is 0 Å². The predicted octanol–water partition coefficient (Wildman–Crippen LogP) is 3.00. The van der Waals surface area contributed by atoms with Crippen LogP contribution in [0.25, 0.3) is 0 Å². The lowest BCUT2D eigenvalue weighted by molar-refractivity contribution is 0.307. The number of hydrogen-bond donors (Lipinski definition) is 0. The summed E-state index contributed by atoms with van der Waals surface area (Å²) < 4.78 is 15.6. The molecule has 3 nitrogen and oxygen atoms in total. The van der Waals surface area contributed by atoms with E-state index in [4.69, 9.17) is 12.5 Å². The summed E-state index contributed by atoms with van der Waals surface area (Å²) >= 11 is 1.92. The molecule has 0 N–H and O–H groups in total. The molecule has 1 aromatic carbocycles. The van der Waals surface area contributed by atoms with Crippen LogP contribution in [0.15, 0.2) is 18.2 Å². The molecule has 0 aliphatic rings. The second kappa shape index (κ2) is 6.17. The lowest BCUT2D eigenvalue weighted by atomic mass is 10.1. The first-order valence-electron chi connectivity index (χ1n) is 4.69. The van der Waals surface area contributed by atoms with Crippen LogP contribution in [0, 0.1) is 0 Å². The summed E-state index contributed by atoms with van der Waals surface area (Å²) in [5, 5.41) is 0. The van der Waals surface area contributed by atoms with Crippen LogP contribution in [0.2, 0.25) is 0 Å². The van der Waals surface area contributed by atoms with Crippen LogP contribution < -0.4 is 9.47 Å². The highest BCUT2D eigenvalue weighted by molar-refractivity contribution is 14.1.